The van der Waals surface area contributed by atoms with Gasteiger partial charge in [0.15, 0.2) is 0 Å². The van der Waals surface area contributed by atoms with Crippen LogP contribution in [0, 0.1) is 0 Å². The second-order valence-electron chi connectivity index (χ2n) is 6.16. The van der Waals surface area contributed by atoms with E-state index in [1.165, 1.54) is 0 Å². The zero-order chi connectivity index (χ0) is 17.9. The number of benzene rings is 1. The molecule has 0 aliphatic carbocycles. The van der Waals surface area contributed by atoms with Gasteiger partial charge in [-0.1, -0.05) is 18.2 Å². The molecule has 1 amide bonds. The molecule has 7 nitrogen and oxygen atoms in total. The SMILES string of the molecule is O=C(c1cc2ccccc2oc1=O)N1CCC(Oc2cccnn2)CC1. The molecular formula is C19H17N3O4. The van der Waals surface area contributed by atoms with Crippen LogP contribution in [0.3, 0.4) is 0 Å². The van der Waals surface area contributed by atoms with Crippen molar-refractivity contribution in [2.75, 3.05) is 13.1 Å². The summed E-state index contributed by atoms with van der Waals surface area (Å²) >= 11 is 0. The molecule has 4 rings (SSSR count). The molecule has 0 radical (unpaired) electrons. The molecular weight excluding hydrogens is 334 g/mol. The van der Waals surface area contributed by atoms with Crippen molar-refractivity contribution in [3.63, 3.8) is 0 Å². The number of hydrogen-bond donors (Lipinski definition) is 0. The van der Waals surface area contributed by atoms with Crippen molar-refractivity contribution < 1.29 is 13.9 Å². The minimum Gasteiger partial charge on any atom is -0.473 e. The van der Waals surface area contributed by atoms with E-state index in [4.69, 9.17) is 9.15 Å². The van der Waals surface area contributed by atoms with Crippen molar-refractivity contribution in [3.05, 3.63) is 64.6 Å². The lowest BCUT2D eigenvalue weighted by Gasteiger charge is -2.31. The molecule has 1 fully saturated rings. The van der Waals surface area contributed by atoms with E-state index in [1.54, 1.807) is 41.4 Å². The molecule has 1 saturated heterocycles. The molecule has 3 aromatic rings. The highest BCUT2D eigenvalue weighted by Gasteiger charge is 2.27. The maximum Gasteiger partial charge on any atom is 0.349 e. The molecule has 0 spiro atoms. The molecule has 26 heavy (non-hydrogen) atoms. The largest absolute Gasteiger partial charge is 0.473 e. The molecule has 0 unspecified atom stereocenters. The Labute approximate surface area is 149 Å². The third-order valence-electron chi connectivity index (χ3n) is 4.44. The Morgan fingerprint density at radius 2 is 1.96 bits per heavy atom. The van der Waals surface area contributed by atoms with Crippen molar-refractivity contribution in [3.8, 4) is 5.88 Å². The number of piperidine rings is 1. The normalized spacial score (nSPS) is 15.2. The fraction of sp³-hybridized carbons (Fsp3) is 0.263. The van der Waals surface area contributed by atoms with Crippen molar-refractivity contribution in [1.82, 2.24) is 15.1 Å². The van der Waals surface area contributed by atoms with E-state index in [0.29, 0.717) is 37.4 Å². The number of carbonyl (C=O) groups is 1. The van der Waals surface area contributed by atoms with Gasteiger partial charge >= 0.3 is 5.63 Å². The van der Waals surface area contributed by atoms with Crippen molar-refractivity contribution in [1.29, 1.82) is 0 Å². The predicted octanol–water partition coefficient (Wildman–Crippen LogP) is 2.27. The average Bonchev–Trinajstić information content (AvgIpc) is 2.68. The maximum atomic E-state index is 12.7. The second-order valence-corrected chi connectivity index (χ2v) is 6.16. The van der Waals surface area contributed by atoms with E-state index in [2.05, 4.69) is 10.2 Å². The van der Waals surface area contributed by atoms with Gasteiger partial charge in [0.1, 0.15) is 17.3 Å². The third-order valence-corrected chi connectivity index (χ3v) is 4.44. The van der Waals surface area contributed by atoms with Gasteiger partial charge in [0.05, 0.1) is 0 Å². The number of nitrogens with zero attached hydrogens (tertiary/aromatic N) is 3. The molecule has 0 atom stereocenters. The molecule has 2 aromatic heterocycles. The molecule has 1 aliphatic rings. The third kappa shape index (κ3) is 3.28. The fourth-order valence-electron chi connectivity index (χ4n) is 3.08. The molecule has 3 heterocycles. The van der Waals surface area contributed by atoms with Gasteiger partial charge < -0.3 is 14.1 Å². The Hall–Kier alpha value is -3.22. The molecule has 0 N–H and O–H groups in total. The van der Waals surface area contributed by atoms with E-state index in [9.17, 15) is 9.59 Å². The van der Waals surface area contributed by atoms with Gasteiger partial charge in [0.2, 0.25) is 5.88 Å². The van der Waals surface area contributed by atoms with Gasteiger partial charge in [-0.25, -0.2) is 4.79 Å². The van der Waals surface area contributed by atoms with Crippen LogP contribution in [0.25, 0.3) is 11.0 Å². The molecule has 0 saturated carbocycles. The van der Waals surface area contributed by atoms with Crippen molar-refractivity contribution in [2.24, 2.45) is 0 Å². The number of amides is 1. The molecule has 7 heteroatoms. The van der Waals surface area contributed by atoms with Crippen molar-refractivity contribution >= 4 is 16.9 Å². The fourth-order valence-corrected chi connectivity index (χ4v) is 3.08. The monoisotopic (exact) mass is 351 g/mol. The zero-order valence-corrected chi connectivity index (χ0v) is 14.0. The summed E-state index contributed by atoms with van der Waals surface area (Å²) in [5.74, 6) is 0.176. The standard InChI is InChI=1S/C19H17N3O4/c23-18(15-12-13-4-1-2-5-16(13)26-19(15)24)22-10-7-14(8-11-22)25-17-6-3-9-20-21-17/h1-6,9,12,14H,7-8,10-11H2. The Balaban J connectivity index is 1.45. The lowest BCUT2D eigenvalue weighted by atomic mass is 10.1. The summed E-state index contributed by atoms with van der Waals surface area (Å²) in [6, 6.07) is 12.3. The summed E-state index contributed by atoms with van der Waals surface area (Å²) in [4.78, 5) is 26.6. The first-order chi connectivity index (χ1) is 12.7. The van der Waals surface area contributed by atoms with Crippen LogP contribution >= 0.6 is 0 Å². The first-order valence-electron chi connectivity index (χ1n) is 8.47. The van der Waals surface area contributed by atoms with E-state index in [1.807, 2.05) is 12.1 Å². The highest BCUT2D eigenvalue weighted by molar-refractivity contribution is 5.96. The number of hydrogen-bond acceptors (Lipinski definition) is 6. The lowest BCUT2D eigenvalue weighted by Crippen LogP contribution is -2.43. The predicted molar refractivity (Wildman–Crippen MR) is 94.1 cm³/mol. The summed E-state index contributed by atoms with van der Waals surface area (Å²) < 4.78 is 11.0. The van der Waals surface area contributed by atoms with E-state index in [0.717, 1.165) is 5.39 Å². The lowest BCUT2D eigenvalue weighted by molar-refractivity contribution is 0.0582. The zero-order valence-electron chi connectivity index (χ0n) is 14.0. The number of likely N-dealkylation sites (tertiary alicyclic amines) is 1. The highest BCUT2D eigenvalue weighted by Crippen LogP contribution is 2.19. The van der Waals surface area contributed by atoms with Crippen LogP contribution in [0.1, 0.15) is 23.2 Å². The second kappa shape index (κ2) is 6.95. The minimum atomic E-state index is -0.605. The van der Waals surface area contributed by atoms with Crippen LogP contribution in [-0.2, 0) is 0 Å². The number of para-hydroxylation sites is 1. The topological polar surface area (TPSA) is 85.5 Å². The Bertz CT molecular complexity index is 979. The van der Waals surface area contributed by atoms with Gasteiger partial charge in [-0.05, 0) is 18.2 Å². The van der Waals surface area contributed by atoms with Gasteiger partial charge in [-0.15, -0.1) is 5.10 Å². The van der Waals surface area contributed by atoms with E-state index < -0.39 is 5.63 Å². The van der Waals surface area contributed by atoms with Crippen LogP contribution in [0.15, 0.2) is 57.9 Å². The Kier molecular flexibility index (Phi) is 4.35. The summed E-state index contributed by atoms with van der Waals surface area (Å²) in [7, 11) is 0. The average molecular weight is 351 g/mol. The Morgan fingerprint density at radius 1 is 1.15 bits per heavy atom. The number of aromatic nitrogens is 2. The number of fused-ring (bicyclic) bond motifs is 1. The molecule has 1 aliphatic heterocycles. The van der Waals surface area contributed by atoms with Gasteiger partial charge in [0.25, 0.3) is 5.91 Å². The van der Waals surface area contributed by atoms with Crippen LogP contribution in [0.4, 0.5) is 0 Å². The summed E-state index contributed by atoms with van der Waals surface area (Å²) in [6.45, 7) is 1.02. The van der Waals surface area contributed by atoms with Crippen LogP contribution < -0.4 is 10.4 Å². The number of ether oxygens (including phenoxy) is 1. The van der Waals surface area contributed by atoms with Gasteiger partial charge in [-0.3, -0.25) is 4.79 Å². The summed E-state index contributed by atoms with van der Waals surface area (Å²) in [5, 5.41) is 8.42. The smallest absolute Gasteiger partial charge is 0.349 e. The van der Waals surface area contributed by atoms with E-state index >= 15 is 0 Å². The highest BCUT2D eigenvalue weighted by atomic mass is 16.5. The Morgan fingerprint density at radius 3 is 2.73 bits per heavy atom. The van der Waals surface area contributed by atoms with E-state index in [-0.39, 0.29) is 17.6 Å². The first-order valence-corrected chi connectivity index (χ1v) is 8.47. The summed E-state index contributed by atoms with van der Waals surface area (Å²) in [6.07, 6.45) is 2.90. The van der Waals surface area contributed by atoms with Crippen LogP contribution in [0.5, 0.6) is 5.88 Å². The minimum absolute atomic E-state index is 0.0243. The van der Waals surface area contributed by atoms with Crippen molar-refractivity contribution in [2.45, 2.75) is 18.9 Å². The molecule has 132 valence electrons. The molecule has 0 bridgehead atoms. The summed E-state index contributed by atoms with van der Waals surface area (Å²) in [5.41, 5.74) is -0.0613. The quantitative estimate of drug-likeness (QED) is 0.673. The van der Waals surface area contributed by atoms with Gasteiger partial charge in [0, 0.05) is 43.6 Å². The van der Waals surface area contributed by atoms with Crippen LogP contribution in [-0.4, -0.2) is 40.2 Å². The number of rotatable bonds is 3. The number of carbonyl (C=O) groups excluding carboxylic acids is 1. The maximum absolute atomic E-state index is 12.7. The first kappa shape index (κ1) is 16.3. The van der Waals surface area contributed by atoms with Crippen LogP contribution in [0.2, 0.25) is 0 Å². The molecule has 1 aromatic carbocycles. The van der Waals surface area contributed by atoms with Gasteiger partial charge in [-0.2, -0.15) is 5.10 Å².